The Balaban J connectivity index is 2.16. The Morgan fingerprint density at radius 2 is 2.54 bits per heavy atom. The summed E-state index contributed by atoms with van der Waals surface area (Å²) in [6, 6.07) is 1.85. The zero-order valence-corrected chi connectivity index (χ0v) is 8.13. The SMILES string of the molecule is Cc1cc(CSCCC(=O)O)no1. The number of carboxylic acids is 1. The fourth-order valence-electron chi connectivity index (χ4n) is 0.822. The third-order valence-corrected chi connectivity index (χ3v) is 2.38. The molecule has 0 amide bonds. The highest BCUT2D eigenvalue weighted by molar-refractivity contribution is 7.98. The molecule has 1 heterocycles. The van der Waals surface area contributed by atoms with Crippen molar-refractivity contribution in [2.45, 2.75) is 19.1 Å². The Labute approximate surface area is 80.3 Å². The van der Waals surface area contributed by atoms with Crippen molar-refractivity contribution < 1.29 is 14.4 Å². The standard InChI is InChI=1S/C8H11NO3S/c1-6-4-7(9-12-6)5-13-3-2-8(10)11/h4H,2-3,5H2,1H3,(H,10,11). The Bertz CT molecular complexity index is 285. The predicted octanol–water partition coefficient (Wildman–Crippen LogP) is 1.69. The summed E-state index contributed by atoms with van der Waals surface area (Å²) in [6.07, 6.45) is 0.196. The average Bonchev–Trinajstić information content (AvgIpc) is 2.45. The summed E-state index contributed by atoms with van der Waals surface area (Å²) in [4.78, 5) is 10.2. The molecule has 0 fully saturated rings. The number of thioether (sulfide) groups is 1. The maximum absolute atomic E-state index is 10.2. The second kappa shape index (κ2) is 4.91. The van der Waals surface area contributed by atoms with E-state index in [1.54, 1.807) is 11.8 Å². The van der Waals surface area contributed by atoms with Gasteiger partial charge in [-0.05, 0) is 6.92 Å². The number of aryl methyl sites for hydroxylation is 1. The average molecular weight is 201 g/mol. The van der Waals surface area contributed by atoms with Crippen LogP contribution in [0.25, 0.3) is 0 Å². The molecular weight excluding hydrogens is 190 g/mol. The molecule has 0 atom stereocenters. The summed E-state index contributed by atoms with van der Waals surface area (Å²) >= 11 is 1.54. The van der Waals surface area contributed by atoms with Gasteiger partial charge in [0.15, 0.2) is 0 Å². The Kier molecular flexibility index (Phi) is 3.82. The van der Waals surface area contributed by atoms with E-state index in [-0.39, 0.29) is 6.42 Å². The van der Waals surface area contributed by atoms with Crippen molar-refractivity contribution in [2.24, 2.45) is 0 Å². The lowest BCUT2D eigenvalue weighted by Crippen LogP contribution is -1.96. The van der Waals surface area contributed by atoms with E-state index < -0.39 is 5.97 Å². The van der Waals surface area contributed by atoms with Gasteiger partial charge in [-0.1, -0.05) is 5.16 Å². The van der Waals surface area contributed by atoms with Gasteiger partial charge < -0.3 is 9.63 Å². The lowest BCUT2D eigenvalue weighted by molar-refractivity contribution is -0.136. The molecule has 5 heteroatoms. The third-order valence-electron chi connectivity index (χ3n) is 1.39. The molecule has 72 valence electrons. The first-order valence-corrected chi connectivity index (χ1v) is 5.05. The summed E-state index contributed by atoms with van der Waals surface area (Å²) in [6.45, 7) is 1.83. The van der Waals surface area contributed by atoms with E-state index in [1.165, 1.54) is 0 Å². The predicted molar refractivity (Wildman–Crippen MR) is 49.7 cm³/mol. The number of carboxylic acid groups (broad SMARTS) is 1. The lowest BCUT2D eigenvalue weighted by Gasteiger charge is -1.93. The summed E-state index contributed by atoms with van der Waals surface area (Å²) in [7, 11) is 0. The van der Waals surface area contributed by atoms with Crippen LogP contribution < -0.4 is 0 Å². The molecule has 0 unspecified atom stereocenters. The fourth-order valence-corrected chi connectivity index (χ4v) is 1.63. The first-order chi connectivity index (χ1) is 6.18. The highest BCUT2D eigenvalue weighted by Gasteiger charge is 2.01. The van der Waals surface area contributed by atoms with Crippen molar-refractivity contribution in [1.82, 2.24) is 5.16 Å². The van der Waals surface area contributed by atoms with E-state index in [0.717, 1.165) is 11.5 Å². The molecule has 1 aromatic heterocycles. The molecular formula is C8H11NO3S. The molecule has 0 aliphatic rings. The van der Waals surface area contributed by atoms with Gasteiger partial charge in [0.05, 0.1) is 12.1 Å². The summed E-state index contributed by atoms with van der Waals surface area (Å²) in [5.74, 6) is 1.35. The molecule has 13 heavy (non-hydrogen) atoms. The number of hydrogen-bond donors (Lipinski definition) is 1. The van der Waals surface area contributed by atoms with E-state index in [1.807, 2.05) is 13.0 Å². The molecule has 0 aliphatic carbocycles. The van der Waals surface area contributed by atoms with Crippen LogP contribution in [0.15, 0.2) is 10.6 Å². The molecule has 0 saturated heterocycles. The van der Waals surface area contributed by atoms with Crippen molar-refractivity contribution in [3.63, 3.8) is 0 Å². The van der Waals surface area contributed by atoms with Crippen LogP contribution in [0, 0.1) is 6.92 Å². The van der Waals surface area contributed by atoms with Gasteiger partial charge in [-0.25, -0.2) is 0 Å². The summed E-state index contributed by atoms with van der Waals surface area (Å²) in [5, 5.41) is 12.2. The zero-order valence-electron chi connectivity index (χ0n) is 7.32. The second-order valence-corrected chi connectivity index (χ2v) is 3.73. The monoisotopic (exact) mass is 201 g/mol. The van der Waals surface area contributed by atoms with Gasteiger partial charge in [0, 0.05) is 17.6 Å². The molecule has 0 aromatic carbocycles. The number of aliphatic carboxylic acids is 1. The van der Waals surface area contributed by atoms with E-state index in [0.29, 0.717) is 11.5 Å². The maximum atomic E-state index is 10.2. The summed E-state index contributed by atoms with van der Waals surface area (Å²) < 4.78 is 4.86. The zero-order chi connectivity index (χ0) is 9.68. The number of hydrogen-bond acceptors (Lipinski definition) is 4. The molecule has 0 saturated carbocycles. The van der Waals surface area contributed by atoms with Crippen LogP contribution in [0.5, 0.6) is 0 Å². The van der Waals surface area contributed by atoms with Gasteiger partial charge in [0.2, 0.25) is 0 Å². The largest absolute Gasteiger partial charge is 0.481 e. The van der Waals surface area contributed by atoms with Crippen LogP contribution in [0.2, 0.25) is 0 Å². The molecule has 4 nitrogen and oxygen atoms in total. The van der Waals surface area contributed by atoms with Crippen molar-refractivity contribution in [1.29, 1.82) is 0 Å². The molecule has 0 aliphatic heterocycles. The molecule has 0 radical (unpaired) electrons. The van der Waals surface area contributed by atoms with Crippen LogP contribution in [0.3, 0.4) is 0 Å². The highest BCUT2D eigenvalue weighted by Crippen LogP contribution is 2.12. The first kappa shape index (κ1) is 10.1. The number of aromatic nitrogens is 1. The van der Waals surface area contributed by atoms with Gasteiger partial charge in [-0.15, -0.1) is 0 Å². The molecule has 0 bridgehead atoms. The van der Waals surface area contributed by atoms with Crippen LogP contribution in [-0.4, -0.2) is 22.0 Å². The van der Waals surface area contributed by atoms with E-state index in [4.69, 9.17) is 9.63 Å². The fraction of sp³-hybridized carbons (Fsp3) is 0.500. The molecule has 1 aromatic rings. The van der Waals surface area contributed by atoms with Crippen molar-refractivity contribution >= 4 is 17.7 Å². The van der Waals surface area contributed by atoms with Crippen LogP contribution in [-0.2, 0) is 10.5 Å². The topological polar surface area (TPSA) is 63.3 Å². The van der Waals surface area contributed by atoms with Gasteiger partial charge in [-0.2, -0.15) is 11.8 Å². The van der Waals surface area contributed by atoms with Crippen molar-refractivity contribution in [3.05, 3.63) is 17.5 Å². The maximum Gasteiger partial charge on any atom is 0.304 e. The Hall–Kier alpha value is -0.970. The minimum Gasteiger partial charge on any atom is -0.481 e. The van der Waals surface area contributed by atoms with Crippen molar-refractivity contribution in [3.8, 4) is 0 Å². The Morgan fingerprint density at radius 1 is 1.77 bits per heavy atom. The van der Waals surface area contributed by atoms with Gasteiger partial charge in [-0.3, -0.25) is 4.79 Å². The van der Waals surface area contributed by atoms with E-state index >= 15 is 0 Å². The number of nitrogens with zero attached hydrogens (tertiary/aromatic N) is 1. The molecule has 1 rings (SSSR count). The van der Waals surface area contributed by atoms with Crippen LogP contribution >= 0.6 is 11.8 Å². The van der Waals surface area contributed by atoms with E-state index in [2.05, 4.69) is 5.16 Å². The van der Waals surface area contributed by atoms with Crippen LogP contribution in [0.1, 0.15) is 17.9 Å². The van der Waals surface area contributed by atoms with Gasteiger partial charge >= 0.3 is 5.97 Å². The summed E-state index contributed by atoms with van der Waals surface area (Å²) in [5.41, 5.74) is 0.868. The van der Waals surface area contributed by atoms with Crippen LogP contribution in [0.4, 0.5) is 0 Å². The van der Waals surface area contributed by atoms with Crippen molar-refractivity contribution in [2.75, 3.05) is 5.75 Å². The molecule has 0 spiro atoms. The molecule has 1 N–H and O–H groups in total. The van der Waals surface area contributed by atoms with Gasteiger partial charge in [0.1, 0.15) is 5.76 Å². The third kappa shape index (κ3) is 3.98. The van der Waals surface area contributed by atoms with E-state index in [9.17, 15) is 4.79 Å². The van der Waals surface area contributed by atoms with Gasteiger partial charge in [0.25, 0.3) is 0 Å². The minimum atomic E-state index is -0.760. The normalized spacial score (nSPS) is 10.2. The smallest absolute Gasteiger partial charge is 0.304 e. The first-order valence-electron chi connectivity index (χ1n) is 3.90. The number of carbonyl (C=O) groups is 1. The minimum absolute atomic E-state index is 0.196. The lowest BCUT2D eigenvalue weighted by atomic mass is 10.4. The second-order valence-electron chi connectivity index (χ2n) is 2.63. The highest BCUT2D eigenvalue weighted by atomic mass is 32.2. The Morgan fingerprint density at radius 3 is 3.08 bits per heavy atom. The number of rotatable bonds is 5. The quantitative estimate of drug-likeness (QED) is 0.734.